The van der Waals surface area contributed by atoms with E-state index < -0.39 is 0 Å². The van der Waals surface area contributed by atoms with Crippen molar-refractivity contribution in [2.24, 2.45) is 0 Å². The third-order valence-corrected chi connectivity index (χ3v) is 3.17. The highest BCUT2D eigenvalue weighted by molar-refractivity contribution is 5.10. The Morgan fingerprint density at radius 2 is 2.26 bits per heavy atom. The molecule has 1 fully saturated rings. The number of nitrogens with one attached hydrogen (secondary N) is 1. The van der Waals surface area contributed by atoms with Crippen molar-refractivity contribution in [2.45, 2.75) is 45.1 Å². The Morgan fingerprint density at radius 1 is 1.32 bits per heavy atom. The van der Waals surface area contributed by atoms with Crippen molar-refractivity contribution in [3.8, 4) is 11.9 Å². The zero-order chi connectivity index (χ0) is 13.3. The summed E-state index contributed by atoms with van der Waals surface area (Å²) in [6.45, 7) is 4.51. The van der Waals surface area contributed by atoms with E-state index in [-0.39, 0.29) is 0 Å². The highest BCUT2D eigenvalue weighted by Crippen LogP contribution is 2.13. The fourth-order valence-corrected chi connectivity index (χ4v) is 2.14. The molecule has 1 saturated heterocycles. The summed E-state index contributed by atoms with van der Waals surface area (Å²) in [6, 6.07) is 2.74. The predicted molar refractivity (Wildman–Crippen MR) is 73.6 cm³/mol. The summed E-state index contributed by atoms with van der Waals surface area (Å²) in [4.78, 5) is 8.31. The smallest absolute Gasteiger partial charge is 0.319 e. The molecule has 1 aliphatic rings. The maximum absolute atomic E-state index is 5.59. The summed E-state index contributed by atoms with van der Waals surface area (Å²) in [5.74, 6) is 0.586. The van der Waals surface area contributed by atoms with E-state index in [1.54, 1.807) is 12.3 Å². The lowest BCUT2D eigenvalue weighted by Gasteiger charge is -2.23. The van der Waals surface area contributed by atoms with Crippen LogP contribution in [0.3, 0.4) is 0 Å². The fourth-order valence-electron chi connectivity index (χ4n) is 2.14. The van der Waals surface area contributed by atoms with Crippen LogP contribution >= 0.6 is 0 Å². The molecule has 2 heterocycles. The summed E-state index contributed by atoms with van der Waals surface area (Å²) in [7, 11) is 0. The third-order valence-electron chi connectivity index (χ3n) is 3.17. The van der Waals surface area contributed by atoms with E-state index in [1.165, 1.54) is 19.3 Å². The summed E-state index contributed by atoms with van der Waals surface area (Å²) >= 11 is 0. The van der Waals surface area contributed by atoms with Gasteiger partial charge in [0.05, 0.1) is 13.2 Å². The molecule has 106 valence electrons. The van der Waals surface area contributed by atoms with Crippen LogP contribution in [0.2, 0.25) is 0 Å². The largest absolute Gasteiger partial charge is 0.478 e. The summed E-state index contributed by atoms with van der Waals surface area (Å²) in [5, 5.41) is 3.50. The number of hydrogen-bond acceptors (Lipinski definition) is 5. The van der Waals surface area contributed by atoms with E-state index in [2.05, 4.69) is 22.2 Å². The molecule has 0 radical (unpaired) electrons. The average Bonchev–Trinajstić information content (AvgIpc) is 2.47. The molecular weight excluding hydrogens is 242 g/mol. The lowest BCUT2D eigenvalue weighted by molar-refractivity contribution is 0.244. The highest BCUT2D eigenvalue weighted by atomic mass is 16.5. The van der Waals surface area contributed by atoms with Crippen LogP contribution < -0.4 is 14.8 Å². The number of hydrogen-bond donors (Lipinski definition) is 1. The fraction of sp³-hybridized carbons (Fsp3) is 0.714. The van der Waals surface area contributed by atoms with Crippen LogP contribution in [-0.2, 0) is 0 Å². The second kappa shape index (κ2) is 7.94. The van der Waals surface area contributed by atoms with Gasteiger partial charge in [0.15, 0.2) is 0 Å². The molecule has 0 spiro atoms. The van der Waals surface area contributed by atoms with Gasteiger partial charge in [-0.3, -0.25) is 0 Å². The van der Waals surface area contributed by atoms with E-state index in [4.69, 9.17) is 9.47 Å². The molecule has 1 aromatic rings. The van der Waals surface area contributed by atoms with Crippen molar-refractivity contribution >= 4 is 0 Å². The zero-order valence-corrected chi connectivity index (χ0v) is 11.6. The average molecular weight is 265 g/mol. The molecule has 0 bridgehead atoms. The van der Waals surface area contributed by atoms with Crippen molar-refractivity contribution in [3.63, 3.8) is 0 Å². The number of piperidine rings is 1. The molecule has 5 nitrogen and oxygen atoms in total. The summed E-state index contributed by atoms with van der Waals surface area (Å²) in [6.07, 6.45) is 7.48. The zero-order valence-electron chi connectivity index (χ0n) is 11.6. The van der Waals surface area contributed by atoms with Gasteiger partial charge in [-0.15, -0.1) is 0 Å². The van der Waals surface area contributed by atoms with Crippen LogP contribution in [0.15, 0.2) is 12.3 Å². The predicted octanol–water partition coefficient (Wildman–Crippen LogP) is 2.18. The van der Waals surface area contributed by atoms with Gasteiger partial charge >= 0.3 is 6.01 Å². The van der Waals surface area contributed by atoms with Crippen LogP contribution in [-0.4, -0.2) is 35.8 Å². The van der Waals surface area contributed by atoms with Crippen LogP contribution in [0.5, 0.6) is 11.9 Å². The first-order valence-corrected chi connectivity index (χ1v) is 7.20. The quantitative estimate of drug-likeness (QED) is 0.819. The van der Waals surface area contributed by atoms with Crippen LogP contribution in [0.1, 0.15) is 39.0 Å². The van der Waals surface area contributed by atoms with Gasteiger partial charge in [0.25, 0.3) is 0 Å². The van der Waals surface area contributed by atoms with Crippen LogP contribution in [0.25, 0.3) is 0 Å². The minimum atomic E-state index is 0.407. The van der Waals surface area contributed by atoms with Crippen molar-refractivity contribution in [2.75, 3.05) is 19.8 Å². The normalized spacial score (nSPS) is 19.1. The minimum absolute atomic E-state index is 0.407. The van der Waals surface area contributed by atoms with Crippen molar-refractivity contribution in [1.82, 2.24) is 15.3 Å². The molecule has 19 heavy (non-hydrogen) atoms. The molecule has 1 atom stereocenters. The Balaban J connectivity index is 1.72. The first-order valence-electron chi connectivity index (χ1n) is 7.20. The molecule has 1 N–H and O–H groups in total. The number of aromatic nitrogens is 2. The first-order chi connectivity index (χ1) is 9.38. The van der Waals surface area contributed by atoms with Crippen LogP contribution in [0.4, 0.5) is 0 Å². The van der Waals surface area contributed by atoms with Gasteiger partial charge in [-0.25, -0.2) is 4.98 Å². The number of nitrogens with zero attached hydrogens (tertiary/aromatic N) is 2. The second-order valence-electron chi connectivity index (χ2n) is 4.81. The van der Waals surface area contributed by atoms with Gasteiger partial charge in [-0.1, -0.05) is 13.3 Å². The molecule has 1 aliphatic heterocycles. The Morgan fingerprint density at radius 3 is 3.05 bits per heavy atom. The van der Waals surface area contributed by atoms with E-state index in [0.29, 0.717) is 31.1 Å². The minimum Gasteiger partial charge on any atom is -0.478 e. The standard InChI is InChI=1S/C14H23N3O2/c1-2-10-18-13-6-9-16-14(17-13)19-11-7-12-5-3-4-8-15-12/h6,9,12,15H,2-5,7-8,10-11H2,1H3. The molecular formula is C14H23N3O2. The lowest BCUT2D eigenvalue weighted by atomic mass is 10.0. The molecule has 1 unspecified atom stereocenters. The molecule has 5 heteroatoms. The molecule has 2 rings (SSSR count). The monoisotopic (exact) mass is 265 g/mol. The second-order valence-corrected chi connectivity index (χ2v) is 4.81. The SMILES string of the molecule is CCCOc1ccnc(OCCC2CCCCN2)n1. The maximum atomic E-state index is 5.59. The van der Waals surface area contributed by atoms with Crippen LogP contribution in [0, 0.1) is 0 Å². The highest BCUT2D eigenvalue weighted by Gasteiger charge is 2.12. The Hall–Kier alpha value is -1.36. The van der Waals surface area contributed by atoms with E-state index in [1.807, 2.05) is 0 Å². The van der Waals surface area contributed by atoms with E-state index in [9.17, 15) is 0 Å². The van der Waals surface area contributed by atoms with Gasteiger partial charge in [0.1, 0.15) is 0 Å². The Kier molecular flexibility index (Phi) is 5.88. The Bertz CT molecular complexity index is 367. The number of rotatable bonds is 7. The van der Waals surface area contributed by atoms with Gasteiger partial charge in [0.2, 0.25) is 5.88 Å². The summed E-state index contributed by atoms with van der Waals surface area (Å²) < 4.78 is 11.0. The van der Waals surface area contributed by atoms with Crippen molar-refractivity contribution in [3.05, 3.63) is 12.3 Å². The number of ether oxygens (including phenoxy) is 2. The van der Waals surface area contributed by atoms with E-state index in [0.717, 1.165) is 19.4 Å². The van der Waals surface area contributed by atoms with E-state index >= 15 is 0 Å². The molecule has 0 saturated carbocycles. The lowest BCUT2D eigenvalue weighted by Crippen LogP contribution is -2.35. The first kappa shape index (κ1) is 14.1. The van der Waals surface area contributed by atoms with Gasteiger partial charge in [-0.2, -0.15) is 4.98 Å². The molecule has 0 aliphatic carbocycles. The molecule has 0 amide bonds. The van der Waals surface area contributed by atoms with Crippen molar-refractivity contribution in [1.29, 1.82) is 0 Å². The van der Waals surface area contributed by atoms with Gasteiger partial charge in [-0.05, 0) is 32.2 Å². The summed E-state index contributed by atoms with van der Waals surface area (Å²) in [5.41, 5.74) is 0. The Labute approximate surface area is 114 Å². The topological polar surface area (TPSA) is 56.3 Å². The van der Waals surface area contributed by atoms with Gasteiger partial charge in [0, 0.05) is 18.3 Å². The molecule has 0 aromatic carbocycles. The third kappa shape index (κ3) is 5.03. The van der Waals surface area contributed by atoms with Crippen molar-refractivity contribution < 1.29 is 9.47 Å². The molecule has 1 aromatic heterocycles. The van der Waals surface area contributed by atoms with Gasteiger partial charge < -0.3 is 14.8 Å². The maximum Gasteiger partial charge on any atom is 0.319 e.